The third-order valence-corrected chi connectivity index (χ3v) is 3.35. The average Bonchev–Trinajstić information content (AvgIpc) is 2.92. The lowest BCUT2D eigenvalue weighted by molar-refractivity contribution is -0.0469. The van der Waals surface area contributed by atoms with Gasteiger partial charge in [-0.1, -0.05) is 0 Å². The maximum Gasteiger partial charge on any atom is 0.318 e. The maximum atomic E-state index is 14.1. The first kappa shape index (κ1) is 14.1. The lowest BCUT2D eigenvalue weighted by Gasteiger charge is -2.29. The van der Waals surface area contributed by atoms with E-state index in [0.29, 0.717) is 0 Å². The van der Waals surface area contributed by atoms with Gasteiger partial charge in [-0.3, -0.25) is 20.4 Å². The van der Waals surface area contributed by atoms with Crippen molar-refractivity contribution in [1.82, 2.24) is 14.9 Å². The van der Waals surface area contributed by atoms with Crippen LogP contribution >= 0.6 is 0 Å². The van der Waals surface area contributed by atoms with E-state index in [1.807, 2.05) is 5.32 Å². The number of anilines is 1. The minimum atomic E-state index is -2.72. The van der Waals surface area contributed by atoms with Crippen molar-refractivity contribution in [3.63, 3.8) is 0 Å². The number of aromatic nitrogens is 2. The van der Waals surface area contributed by atoms with Crippen LogP contribution in [0.1, 0.15) is 16.7 Å². The van der Waals surface area contributed by atoms with E-state index in [1.54, 1.807) is 0 Å². The highest BCUT2D eigenvalue weighted by Crippen LogP contribution is 2.35. The van der Waals surface area contributed by atoms with E-state index in [2.05, 4.69) is 10.3 Å². The van der Waals surface area contributed by atoms with Crippen LogP contribution < -0.4 is 16.4 Å². The molecule has 11 heteroatoms. The van der Waals surface area contributed by atoms with Gasteiger partial charge in [-0.15, -0.1) is 0 Å². The zero-order chi connectivity index (χ0) is 15.4. The van der Waals surface area contributed by atoms with Crippen LogP contribution in [0.3, 0.4) is 0 Å². The number of carbonyl (C=O) groups is 1. The Kier molecular flexibility index (Phi) is 3.09. The van der Waals surface area contributed by atoms with Crippen molar-refractivity contribution < 1.29 is 28.5 Å². The number of fused-ring (bicyclic) bond motifs is 1. The Morgan fingerprint density at radius 1 is 1.57 bits per heavy atom. The van der Waals surface area contributed by atoms with E-state index in [9.17, 15) is 18.7 Å². The van der Waals surface area contributed by atoms with Gasteiger partial charge in [0.15, 0.2) is 18.1 Å². The smallest absolute Gasteiger partial charge is 0.318 e. The number of nitrogens with two attached hydrogens (primary N) is 1. The molecule has 2 aliphatic rings. The number of carbonyl (C=O) groups excluding carboxylic acids is 1. The lowest BCUT2D eigenvalue weighted by atomic mass is 10.1. The highest BCUT2D eigenvalue weighted by Gasteiger charge is 2.47. The molecule has 3 rings (SSSR count). The number of nitrogens with one attached hydrogen (secondary N) is 2. The summed E-state index contributed by atoms with van der Waals surface area (Å²) in [6.45, 7) is -0.590. The minimum absolute atomic E-state index is 0.179. The summed E-state index contributed by atoms with van der Waals surface area (Å²) >= 11 is 0. The minimum Gasteiger partial charge on any atom is -0.394 e. The van der Waals surface area contributed by atoms with Crippen molar-refractivity contribution in [2.24, 2.45) is 5.73 Å². The Morgan fingerprint density at radius 2 is 2.29 bits per heavy atom. The Morgan fingerprint density at radius 3 is 2.90 bits per heavy atom. The van der Waals surface area contributed by atoms with Gasteiger partial charge in [0.05, 0.1) is 12.9 Å². The summed E-state index contributed by atoms with van der Waals surface area (Å²) in [6, 6.07) is -2.72. The third kappa shape index (κ3) is 2.14. The zero-order valence-corrected chi connectivity index (χ0v) is 10.5. The highest BCUT2D eigenvalue weighted by atomic mass is 19.2. The van der Waals surface area contributed by atoms with Crippen LogP contribution in [-0.2, 0) is 4.74 Å². The first-order chi connectivity index (χ1) is 9.84. The molecule has 0 bridgehead atoms. The molecule has 9 nitrogen and oxygen atoms in total. The van der Waals surface area contributed by atoms with Gasteiger partial charge >= 0.3 is 6.04 Å². The van der Waals surface area contributed by atoms with Crippen LogP contribution in [0, 0.1) is 0 Å². The molecule has 6 N–H and O–H groups in total. The SMILES string of the molecule is NC1(F)NC(=O)c2ncn([C@@H]3O[C@H](CO)[C@@H](O)C3F)c2N1. The van der Waals surface area contributed by atoms with Crippen molar-refractivity contribution in [1.29, 1.82) is 0 Å². The monoisotopic (exact) mass is 305 g/mol. The van der Waals surface area contributed by atoms with Gasteiger partial charge in [-0.25, -0.2) is 9.37 Å². The molecule has 3 heterocycles. The fraction of sp³-hybridized carbons (Fsp3) is 0.600. The Hall–Kier alpha value is -1.82. The molecule has 0 aliphatic carbocycles. The topological polar surface area (TPSA) is 135 Å². The average molecular weight is 305 g/mol. The summed E-state index contributed by atoms with van der Waals surface area (Å²) < 4.78 is 34.0. The number of alkyl halides is 2. The van der Waals surface area contributed by atoms with Gasteiger partial charge in [0, 0.05) is 0 Å². The molecule has 0 saturated carbocycles. The summed E-state index contributed by atoms with van der Waals surface area (Å²) in [4.78, 5) is 15.4. The quantitative estimate of drug-likeness (QED) is 0.405. The lowest BCUT2D eigenvalue weighted by Crippen LogP contribution is -2.61. The van der Waals surface area contributed by atoms with Gasteiger partial charge in [0.2, 0.25) is 0 Å². The normalized spacial score (nSPS) is 38.8. The molecule has 0 radical (unpaired) electrons. The predicted octanol–water partition coefficient (Wildman–Crippen LogP) is -1.83. The number of halogens is 2. The number of nitrogens with zero attached hydrogens (tertiary/aromatic N) is 2. The number of aliphatic hydroxyl groups is 2. The van der Waals surface area contributed by atoms with Crippen LogP contribution in [0.5, 0.6) is 0 Å². The fourth-order valence-corrected chi connectivity index (χ4v) is 2.35. The van der Waals surface area contributed by atoms with E-state index in [-0.39, 0.29) is 11.5 Å². The van der Waals surface area contributed by atoms with Crippen LogP contribution in [-0.4, -0.2) is 56.7 Å². The van der Waals surface area contributed by atoms with Gasteiger partial charge < -0.3 is 20.3 Å². The van der Waals surface area contributed by atoms with E-state index in [0.717, 1.165) is 10.9 Å². The largest absolute Gasteiger partial charge is 0.394 e. The maximum absolute atomic E-state index is 14.1. The molecule has 0 aromatic carbocycles. The summed E-state index contributed by atoms with van der Waals surface area (Å²) in [5.41, 5.74) is 4.96. The molecule has 1 fully saturated rings. The van der Waals surface area contributed by atoms with Crippen LogP contribution in [0.15, 0.2) is 6.33 Å². The first-order valence-electron chi connectivity index (χ1n) is 6.08. The molecule has 1 amide bonds. The van der Waals surface area contributed by atoms with Crippen molar-refractivity contribution in [2.75, 3.05) is 11.9 Å². The number of hydrogen-bond acceptors (Lipinski definition) is 7. The van der Waals surface area contributed by atoms with Crippen molar-refractivity contribution in [2.45, 2.75) is 30.6 Å². The van der Waals surface area contributed by atoms with Crippen molar-refractivity contribution >= 4 is 11.7 Å². The molecular weight excluding hydrogens is 292 g/mol. The number of hydrogen-bond donors (Lipinski definition) is 5. The van der Waals surface area contributed by atoms with Gasteiger partial charge in [-0.2, -0.15) is 4.39 Å². The molecule has 1 aromatic heterocycles. The zero-order valence-electron chi connectivity index (χ0n) is 10.5. The van der Waals surface area contributed by atoms with E-state index in [4.69, 9.17) is 15.6 Å². The molecular formula is C10H13F2N5O4. The van der Waals surface area contributed by atoms with Gasteiger partial charge in [0.25, 0.3) is 5.91 Å². The molecule has 2 aliphatic heterocycles. The Bertz CT molecular complexity index is 580. The molecule has 5 atom stereocenters. The van der Waals surface area contributed by atoms with Crippen LogP contribution in [0.4, 0.5) is 14.6 Å². The van der Waals surface area contributed by atoms with Crippen molar-refractivity contribution in [3.05, 3.63) is 12.0 Å². The van der Waals surface area contributed by atoms with Gasteiger partial charge in [0.1, 0.15) is 18.0 Å². The fourth-order valence-electron chi connectivity index (χ4n) is 2.35. The molecule has 1 aromatic rings. The molecule has 2 unspecified atom stereocenters. The Labute approximate surface area is 116 Å². The second-order valence-corrected chi connectivity index (χ2v) is 4.82. The predicted molar refractivity (Wildman–Crippen MR) is 63.2 cm³/mol. The molecule has 0 spiro atoms. The van der Waals surface area contributed by atoms with Crippen LogP contribution in [0.25, 0.3) is 0 Å². The van der Waals surface area contributed by atoms with Crippen LogP contribution in [0.2, 0.25) is 0 Å². The first-order valence-corrected chi connectivity index (χ1v) is 6.08. The van der Waals surface area contributed by atoms with E-state index >= 15 is 0 Å². The van der Waals surface area contributed by atoms with Gasteiger partial charge in [-0.05, 0) is 0 Å². The standard InChI is InChI=1S/C10H13F2N5O4/c11-4-6(19)3(1-18)21-9(4)17-2-14-5-7(17)15-10(12,13)16-8(5)20/h2-4,6,9,15,18-19H,1,13H2,(H,16,20)/t3-,4?,6-,9-,10?/m1/s1. The van der Waals surface area contributed by atoms with E-state index < -0.39 is 43.2 Å². The number of ether oxygens (including phenoxy) is 1. The Balaban J connectivity index is 1.97. The number of amides is 1. The van der Waals surface area contributed by atoms with Crippen molar-refractivity contribution in [3.8, 4) is 0 Å². The second-order valence-electron chi connectivity index (χ2n) is 4.82. The molecule has 116 valence electrons. The number of imidazole rings is 1. The number of aliphatic hydroxyl groups excluding tert-OH is 2. The van der Waals surface area contributed by atoms with E-state index in [1.165, 1.54) is 0 Å². The summed E-state index contributed by atoms with van der Waals surface area (Å²) in [5.74, 6) is -1.05. The third-order valence-electron chi connectivity index (χ3n) is 3.35. The molecule has 21 heavy (non-hydrogen) atoms. The summed E-state index contributed by atoms with van der Waals surface area (Å²) in [6.07, 6.45) is -4.89. The highest BCUT2D eigenvalue weighted by molar-refractivity contribution is 5.99. The number of rotatable bonds is 2. The second kappa shape index (κ2) is 4.59. The summed E-state index contributed by atoms with van der Waals surface area (Å²) in [5, 5.41) is 22.6. The molecule has 1 saturated heterocycles. The summed E-state index contributed by atoms with van der Waals surface area (Å²) in [7, 11) is 0.